The average Bonchev–Trinajstić information content (AvgIpc) is 2.84. The Labute approximate surface area is 150 Å². The lowest BCUT2D eigenvalue weighted by Crippen LogP contribution is -2.46. The van der Waals surface area contributed by atoms with Gasteiger partial charge in [0.2, 0.25) is 5.91 Å². The predicted molar refractivity (Wildman–Crippen MR) is 98.3 cm³/mol. The Bertz CT molecular complexity index is 754. The number of para-hydroxylation sites is 1. The third-order valence-electron chi connectivity index (χ3n) is 7.19. The second-order valence-corrected chi connectivity index (χ2v) is 8.71. The molecule has 1 amide bonds. The topological polar surface area (TPSA) is 29.5 Å². The molecule has 0 aromatic heterocycles. The molecule has 0 radical (unpaired) electrons. The molecule has 1 aromatic carbocycles. The standard InChI is InChI=1S/C22H27NO2/c1-14-9-15-10-16-12-22(11-14,13-18(15)16)21(24)23-8-7-20(25-2)17-5-3-4-6-19(17)23/h3-6,9,14,16,18,20H,7-8,10-13H2,1-2H3. The van der Waals surface area contributed by atoms with Crippen LogP contribution in [0, 0.1) is 23.2 Å². The summed E-state index contributed by atoms with van der Waals surface area (Å²) in [6.07, 6.45) is 7.92. The molecule has 0 saturated heterocycles. The Balaban J connectivity index is 1.51. The number of allylic oxidation sites excluding steroid dienone is 2. The zero-order valence-electron chi connectivity index (χ0n) is 15.2. The number of carbonyl (C=O) groups is 1. The average molecular weight is 337 g/mol. The first kappa shape index (κ1) is 15.6. The summed E-state index contributed by atoms with van der Waals surface area (Å²) in [6.45, 7) is 3.07. The summed E-state index contributed by atoms with van der Waals surface area (Å²) in [7, 11) is 1.77. The molecule has 3 heteroatoms. The molecular weight excluding hydrogens is 310 g/mol. The van der Waals surface area contributed by atoms with Gasteiger partial charge in [-0.3, -0.25) is 4.79 Å². The van der Waals surface area contributed by atoms with Crippen LogP contribution in [0.3, 0.4) is 0 Å². The van der Waals surface area contributed by atoms with Crippen LogP contribution < -0.4 is 4.90 Å². The van der Waals surface area contributed by atoms with E-state index < -0.39 is 0 Å². The molecule has 3 nitrogen and oxygen atoms in total. The first-order valence-corrected chi connectivity index (χ1v) is 9.75. The van der Waals surface area contributed by atoms with Crippen LogP contribution in [0.5, 0.6) is 0 Å². The van der Waals surface area contributed by atoms with Gasteiger partial charge in [-0.25, -0.2) is 0 Å². The quantitative estimate of drug-likeness (QED) is 0.744. The van der Waals surface area contributed by atoms with E-state index in [9.17, 15) is 4.79 Å². The second kappa shape index (κ2) is 5.44. The molecule has 25 heavy (non-hydrogen) atoms. The summed E-state index contributed by atoms with van der Waals surface area (Å²) >= 11 is 0. The predicted octanol–water partition coefficient (Wildman–Crippen LogP) is 4.49. The molecule has 0 N–H and O–H groups in total. The molecule has 5 rings (SSSR count). The van der Waals surface area contributed by atoms with Gasteiger partial charge in [0.25, 0.3) is 0 Å². The van der Waals surface area contributed by atoms with E-state index in [0.717, 1.165) is 43.8 Å². The van der Waals surface area contributed by atoms with Crippen molar-refractivity contribution in [3.8, 4) is 0 Å². The maximum absolute atomic E-state index is 13.8. The number of anilines is 1. The highest BCUT2D eigenvalue weighted by Crippen LogP contribution is 2.63. The van der Waals surface area contributed by atoms with E-state index in [0.29, 0.717) is 17.7 Å². The van der Waals surface area contributed by atoms with Gasteiger partial charge in [0.05, 0.1) is 11.5 Å². The summed E-state index contributed by atoms with van der Waals surface area (Å²) in [5.41, 5.74) is 3.74. The summed E-state index contributed by atoms with van der Waals surface area (Å²) in [5.74, 6) is 2.36. The minimum absolute atomic E-state index is 0.110. The van der Waals surface area contributed by atoms with Gasteiger partial charge in [0.15, 0.2) is 0 Å². The van der Waals surface area contributed by atoms with Crippen molar-refractivity contribution in [1.82, 2.24) is 0 Å². The van der Waals surface area contributed by atoms with Crippen LogP contribution in [-0.2, 0) is 9.53 Å². The summed E-state index contributed by atoms with van der Waals surface area (Å²) in [5, 5.41) is 0. The molecule has 5 unspecified atom stereocenters. The molecule has 1 heterocycles. The van der Waals surface area contributed by atoms with Crippen molar-refractivity contribution in [2.45, 2.75) is 45.1 Å². The molecule has 5 atom stereocenters. The summed E-state index contributed by atoms with van der Waals surface area (Å²) in [6, 6.07) is 8.32. The van der Waals surface area contributed by atoms with Crippen molar-refractivity contribution in [3.05, 3.63) is 41.5 Å². The highest BCUT2D eigenvalue weighted by atomic mass is 16.5. The Morgan fingerprint density at radius 3 is 2.92 bits per heavy atom. The Kier molecular flexibility index (Phi) is 3.40. The van der Waals surface area contributed by atoms with Crippen molar-refractivity contribution in [1.29, 1.82) is 0 Å². The van der Waals surface area contributed by atoms with E-state index in [-0.39, 0.29) is 11.5 Å². The zero-order chi connectivity index (χ0) is 17.2. The van der Waals surface area contributed by atoms with E-state index in [1.807, 2.05) is 6.07 Å². The van der Waals surface area contributed by atoms with E-state index in [1.165, 1.54) is 12.0 Å². The first-order valence-electron chi connectivity index (χ1n) is 9.75. The van der Waals surface area contributed by atoms with Crippen LogP contribution >= 0.6 is 0 Å². The lowest BCUT2D eigenvalue weighted by atomic mass is 9.69. The number of hydrogen-bond donors (Lipinski definition) is 0. The number of benzene rings is 1. The number of nitrogens with zero attached hydrogens (tertiary/aromatic N) is 1. The first-order chi connectivity index (χ1) is 12.1. The van der Waals surface area contributed by atoms with Gasteiger partial charge in [-0.2, -0.15) is 0 Å². The van der Waals surface area contributed by atoms with Gasteiger partial charge in [-0.1, -0.05) is 36.8 Å². The van der Waals surface area contributed by atoms with Crippen molar-refractivity contribution >= 4 is 11.6 Å². The van der Waals surface area contributed by atoms with Gasteiger partial charge >= 0.3 is 0 Å². The highest BCUT2D eigenvalue weighted by molar-refractivity contribution is 5.99. The number of hydrogen-bond acceptors (Lipinski definition) is 2. The van der Waals surface area contributed by atoms with Crippen molar-refractivity contribution in [3.63, 3.8) is 0 Å². The van der Waals surface area contributed by atoms with Crippen molar-refractivity contribution in [2.24, 2.45) is 23.2 Å². The fourth-order valence-corrected chi connectivity index (χ4v) is 6.19. The summed E-state index contributed by atoms with van der Waals surface area (Å²) in [4.78, 5) is 15.9. The lowest BCUT2D eigenvalue weighted by Gasteiger charge is -2.40. The van der Waals surface area contributed by atoms with E-state index in [4.69, 9.17) is 4.74 Å². The Morgan fingerprint density at radius 2 is 2.08 bits per heavy atom. The molecule has 1 aromatic rings. The van der Waals surface area contributed by atoms with Gasteiger partial charge in [0.1, 0.15) is 0 Å². The molecule has 2 bridgehead atoms. The number of carbonyl (C=O) groups excluding carboxylic acids is 1. The largest absolute Gasteiger partial charge is 0.377 e. The van der Waals surface area contributed by atoms with Gasteiger partial charge < -0.3 is 9.64 Å². The smallest absolute Gasteiger partial charge is 0.233 e. The van der Waals surface area contributed by atoms with E-state index in [2.05, 4.69) is 36.1 Å². The summed E-state index contributed by atoms with van der Waals surface area (Å²) < 4.78 is 5.67. The van der Waals surface area contributed by atoms with Crippen LogP contribution in [0.2, 0.25) is 0 Å². The van der Waals surface area contributed by atoms with E-state index in [1.54, 1.807) is 12.7 Å². The second-order valence-electron chi connectivity index (χ2n) is 8.71. The lowest BCUT2D eigenvalue weighted by molar-refractivity contribution is -0.129. The number of amides is 1. The van der Waals surface area contributed by atoms with Gasteiger partial charge in [0, 0.05) is 24.9 Å². The molecule has 132 valence electrons. The molecule has 0 spiro atoms. The monoisotopic (exact) mass is 337 g/mol. The van der Waals surface area contributed by atoms with Crippen LogP contribution in [0.15, 0.2) is 35.9 Å². The van der Waals surface area contributed by atoms with Gasteiger partial charge in [-0.15, -0.1) is 0 Å². The normalized spacial score (nSPS) is 38.5. The number of rotatable bonds is 2. The molecule has 1 aliphatic heterocycles. The highest BCUT2D eigenvalue weighted by Gasteiger charge is 2.58. The third kappa shape index (κ3) is 2.18. The molecule has 2 fully saturated rings. The fourth-order valence-electron chi connectivity index (χ4n) is 6.19. The Morgan fingerprint density at radius 1 is 1.24 bits per heavy atom. The molecular formula is C22H27NO2. The zero-order valence-corrected chi connectivity index (χ0v) is 15.2. The minimum Gasteiger partial charge on any atom is -0.377 e. The van der Waals surface area contributed by atoms with Crippen LogP contribution in [-0.4, -0.2) is 19.6 Å². The fraction of sp³-hybridized carbons (Fsp3) is 0.591. The maximum atomic E-state index is 13.8. The van der Waals surface area contributed by atoms with Gasteiger partial charge in [-0.05, 0) is 55.9 Å². The molecule has 4 aliphatic rings. The Hall–Kier alpha value is -1.61. The minimum atomic E-state index is -0.142. The van der Waals surface area contributed by atoms with E-state index >= 15 is 0 Å². The molecule has 3 aliphatic carbocycles. The molecule has 2 saturated carbocycles. The SMILES string of the molecule is COC1CCN(C(=O)C23CC(C)C=C4CC(C2)C4C3)c2ccccc21. The van der Waals surface area contributed by atoms with Crippen molar-refractivity contribution in [2.75, 3.05) is 18.6 Å². The number of ether oxygens (including phenoxy) is 1. The van der Waals surface area contributed by atoms with Crippen molar-refractivity contribution < 1.29 is 9.53 Å². The van der Waals surface area contributed by atoms with Crippen LogP contribution in [0.1, 0.15) is 50.7 Å². The number of fused-ring (bicyclic) bond motifs is 2. The van der Waals surface area contributed by atoms with Crippen LogP contribution in [0.25, 0.3) is 0 Å². The number of methoxy groups -OCH3 is 1. The maximum Gasteiger partial charge on any atom is 0.233 e. The van der Waals surface area contributed by atoms with Crippen LogP contribution in [0.4, 0.5) is 5.69 Å². The third-order valence-corrected chi connectivity index (χ3v) is 7.19.